The van der Waals surface area contributed by atoms with Crippen molar-refractivity contribution < 1.29 is 14.3 Å². The third-order valence-electron chi connectivity index (χ3n) is 4.09. The van der Waals surface area contributed by atoms with Crippen molar-refractivity contribution in [2.75, 3.05) is 26.3 Å². The summed E-state index contributed by atoms with van der Waals surface area (Å²) in [5, 5.41) is 4.12. The van der Waals surface area contributed by atoms with Crippen LogP contribution in [-0.4, -0.2) is 52.7 Å². The Kier molecular flexibility index (Phi) is 3.06. The number of amides is 1. The molecule has 3 heterocycles. The van der Waals surface area contributed by atoms with Crippen LogP contribution in [0.5, 0.6) is 0 Å². The van der Waals surface area contributed by atoms with Crippen LogP contribution in [0.25, 0.3) is 0 Å². The molecule has 0 aromatic carbocycles. The second-order valence-electron chi connectivity index (χ2n) is 5.17. The second kappa shape index (κ2) is 4.61. The summed E-state index contributed by atoms with van der Waals surface area (Å²) in [6, 6.07) is 0. The molecule has 1 aromatic heterocycles. The van der Waals surface area contributed by atoms with Crippen LogP contribution in [0.1, 0.15) is 28.9 Å². The van der Waals surface area contributed by atoms with Gasteiger partial charge in [-0.15, -0.1) is 0 Å². The minimum absolute atomic E-state index is 0.0541. The molecule has 1 spiro atoms. The molecule has 6 nitrogen and oxygen atoms in total. The highest BCUT2D eigenvalue weighted by molar-refractivity contribution is 5.95. The third kappa shape index (κ3) is 2.15. The molecule has 1 amide bonds. The van der Waals surface area contributed by atoms with E-state index in [-0.39, 0.29) is 5.91 Å². The lowest BCUT2D eigenvalue weighted by Gasteiger charge is -2.37. The van der Waals surface area contributed by atoms with Gasteiger partial charge in [-0.05, 0) is 6.92 Å². The first-order valence-electron chi connectivity index (χ1n) is 6.67. The lowest BCUT2D eigenvalue weighted by molar-refractivity contribution is -0.181. The van der Waals surface area contributed by atoms with E-state index in [9.17, 15) is 4.79 Å². The van der Waals surface area contributed by atoms with Gasteiger partial charge in [0.1, 0.15) is 0 Å². The number of piperidine rings is 1. The molecular formula is C13H19N3O3. The van der Waals surface area contributed by atoms with E-state index in [2.05, 4.69) is 5.10 Å². The summed E-state index contributed by atoms with van der Waals surface area (Å²) < 4.78 is 13.1. The van der Waals surface area contributed by atoms with Crippen molar-refractivity contribution in [3.05, 3.63) is 17.5 Å². The Bertz CT molecular complexity index is 481. The maximum absolute atomic E-state index is 12.4. The van der Waals surface area contributed by atoms with Gasteiger partial charge >= 0.3 is 0 Å². The number of carbonyl (C=O) groups excluding carboxylic acids is 1. The first kappa shape index (κ1) is 12.6. The quantitative estimate of drug-likeness (QED) is 0.750. The Morgan fingerprint density at radius 1 is 1.32 bits per heavy atom. The molecule has 1 aromatic rings. The molecule has 0 radical (unpaired) electrons. The van der Waals surface area contributed by atoms with Crippen molar-refractivity contribution in [2.45, 2.75) is 25.6 Å². The van der Waals surface area contributed by atoms with E-state index in [1.165, 1.54) is 0 Å². The molecule has 2 aliphatic rings. The smallest absolute Gasteiger partial charge is 0.257 e. The van der Waals surface area contributed by atoms with Crippen molar-refractivity contribution in [1.82, 2.24) is 14.7 Å². The van der Waals surface area contributed by atoms with Crippen LogP contribution in [0.15, 0.2) is 6.20 Å². The molecule has 2 aliphatic heterocycles. The summed E-state index contributed by atoms with van der Waals surface area (Å²) in [6.45, 7) is 4.58. The van der Waals surface area contributed by atoms with E-state index in [0.717, 1.165) is 18.5 Å². The van der Waals surface area contributed by atoms with Gasteiger partial charge < -0.3 is 14.4 Å². The zero-order valence-corrected chi connectivity index (χ0v) is 11.4. The minimum atomic E-state index is -0.430. The van der Waals surface area contributed by atoms with Crippen molar-refractivity contribution >= 4 is 5.91 Å². The van der Waals surface area contributed by atoms with Crippen molar-refractivity contribution in [3.63, 3.8) is 0 Å². The first-order chi connectivity index (χ1) is 9.11. The predicted octanol–water partition coefficient (Wildman–Crippen LogP) is 0.708. The monoisotopic (exact) mass is 265 g/mol. The highest BCUT2D eigenvalue weighted by atomic mass is 16.7. The fourth-order valence-corrected chi connectivity index (χ4v) is 2.72. The predicted molar refractivity (Wildman–Crippen MR) is 67.7 cm³/mol. The molecule has 0 N–H and O–H groups in total. The number of rotatable bonds is 1. The average Bonchev–Trinajstić information content (AvgIpc) is 2.99. The summed E-state index contributed by atoms with van der Waals surface area (Å²) in [7, 11) is 1.84. The summed E-state index contributed by atoms with van der Waals surface area (Å²) >= 11 is 0. The van der Waals surface area contributed by atoms with Gasteiger partial charge in [-0.3, -0.25) is 9.48 Å². The van der Waals surface area contributed by atoms with E-state index >= 15 is 0 Å². The topological polar surface area (TPSA) is 56.6 Å². The molecule has 19 heavy (non-hydrogen) atoms. The molecule has 0 bridgehead atoms. The first-order valence-corrected chi connectivity index (χ1v) is 6.67. The lowest BCUT2D eigenvalue weighted by atomic mass is 10.0. The van der Waals surface area contributed by atoms with E-state index in [1.807, 2.05) is 18.9 Å². The Morgan fingerprint density at radius 3 is 2.47 bits per heavy atom. The number of aryl methyl sites for hydroxylation is 1. The molecule has 0 unspecified atom stereocenters. The van der Waals surface area contributed by atoms with Gasteiger partial charge in [-0.2, -0.15) is 5.10 Å². The van der Waals surface area contributed by atoms with Gasteiger partial charge in [-0.1, -0.05) is 0 Å². The molecule has 104 valence electrons. The van der Waals surface area contributed by atoms with E-state index in [0.29, 0.717) is 31.9 Å². The Hall–Kier alpha value is -1.40. The number of nitrogens with zero attached hydrogens (tertiary/aromatic N) is 3. The number of ether oxygens (including phenoxy) is 2. The van der Waals surface area contributed by atoms with E-state index in [1.54, 1.807) is 10.9 Å². The van der Waals surface area contributed by atoms with Gasteiger partial charge in [0.2, 0.25) is 0 Å². The number of aromatic nitrogens is 2. The van der Waals surface area contributed by atoms with Gasteiger partial charge in [-0.25, -0.2) is 0 Å². The largest absolute Gasteiger partial charge is 0.347 e. The highest BCUT2D eigenvalue weighted by Gasteiger charge is 2.41. The molecular weight excluding hydrogens is 246 g/mol. The minimum Gasteiger partial charge on any atom is -0.347 e. The molecule has 0 atom stereocenters. The molecule has 2 fully saturated rings. The van der Waals surface area contributed by atoms with Crippen LogP contribution in [0.3, 0.4) is 0 Å². The number of carbonyl (C=O) groups is 1. The summed E-state index contributed by atoms with van der Waals surface area (Å²) in [5.74, 6) is -0.376. The lowest BCUT2D eigenvalue weighted by Crippen LogP contribution is -2.47. The van der Waals surface area contributed by atoms with Crippen LogP contribution < -0.4 is 0 Å². The Balaban J connectivity index is 1.68. The fraction of sp³-hybridized carbons (Fsp3) is 0.692. The van der Waals surface area contributed by atoms with Crippen molar-refractivity contribution in [2.24, 2.45) is 7.05 Å². The summed E-state index contributed by atoms with van der Waals surface area (Å²) in [4.78, 5) is 14.3. The molecule has 0 aliphatic carbocycles. The van der Waals surface area contributed by atoms with Crippen LogP contribution >= 0.6 is 0 Å². The summed E-state index contributed by atoms with van der Waals surface area (Å²) in [6.07, 6.45) is 3.14. The number of hydrogen-bond acceptors (Lipinski definition) is 4. The normalized spacial score (nSPS) is 22.1. The summed E-state index contributed by atoms with van der Waals surface area (Å²) in [5.41, 5.74) is 1.59. The van der Waals surface area contributed by atoms with Gasteiger partial charge in [0.05, 0.1) is 25.0 Å². The van der Waals surface area contributed by atoms with Gasteiger partial charge in [0.25, 0.3) is 5.91 Å². The zero-order valence-electron chi connectivity index (χ0n) is 11.4. The maximum atomic E-state index is 12.4. The SMILES string of the molecule is Cc1c(C(=O)N2CCC3(CC2)OCCO3)cnn1C. The average molecular weight is 265 g/mol. The second-order valence-corrected chi connectivity index (χ2v) is 5.17. The number of likely N-dealkylation sites (tertiary alicyclic amines) is 1. The van der Waals surface area contributed by atoms with Crippen LogP contribution in [0.4, 0.5) is 0 Å². The van der Waals surface area contributed by atoms with Crippen LogP contribution in [0, 0.1) is 6.92 Å². The van der Waals surface area contributed by atoms with Crippen LogP contribution in [-0.2, 0) is 16.5 Å². The third-order valence-corrected chi connectivity index (χ3v) is 4.09. The van der Waals surface area contributed by atoms with Crippen molar-refractivity contribution in [1.29, 1.82) is 0 Å². The van der Waals surface area contributed by atoms with Crippen molar-refractivity contribution in [3.8, 4) is 0 Å². The molecule has 2 saturated heterocycles. The van der Waals surface area contributed by atoms with E-state index < -0.39 is 5.79 Å². The maximum Gasteiger partial charge on any atom is 0.257 e. The highest BCUT2D eigenvalue weighted by Crippen LogP contribution is 2.31. The molecule has 3 rings (SSSR count). The standard InChI is InChI=1S/C13H19N3O3/c1-10-11(9-14-15(10)2)12(17)16-5-3-13(4-6-16)18-7-8-19-13/h9H,3-8H2,1-2H3. The zero-order chi connectivity index (χ0) is 13.5. The fourth-order valence-electron chi connectivity index (χ4n) is 2.72. The Morgan fingerprint density at radius 2 is 1.95 bits per heavy atom. The van der Waals surface area contributed by atoms with Gasteiger partial charge in [0, 0.05) is 38.7 Å². The molecule has 6 heteroatoms. The van der Waals surface area contributed by atoms with E-state index in [4.69, 9.17) is 9.47 Å². The number of hydrogen-bond donors (Lipinski definition) is 0. The Labute approximate surface area is 112 Å². The van der Waals surface area contributed by atoms with Gasteiger partial charge in [0.15, 0.2) is 5.79 Å². The molecule has 0 saturated carbocycles. The van der Waals surface area contributed by atoms with Crippen LogP contribution in [0.2, 0.25) is 0 Å².